The summed E-state index contributed by atoms with van der Waals surface area (Å²) in [5.74, 6) is 0. The highest BCUT2D eigenvalue weighted by atomic mass is 15.4. The maximum absolute atomic E-state index is 8.70. The lowest BCUT2D eigenvalue weighted by atomic mass is 10.2. The Morgan fingerprint density at radius 3 is 3.07 bits per heavy atom. The molecule has 0 aliphatic carbocycles. The van der Waals surface area contributed by atoms with Crippen molar-refractivity contribution < 1.29 is 0 Å². The molecule has 1 aromatic carbocycles. The largest absolute Gasteiger partial charge is 0.245 e. The van der Waals surface area contributed by atoms with Crippen LogP contribution in [0.5, 0.6) is 0 Å². The van der Waals surface area contributed by atoms with Crippen LogP contribution in [0.15, 0.2) is 18.2 Å². The second kappa shape index (κ2) is 3.46. The van der Waals surface area contributed by atoms with Crippen LogP contribution in [0.3, 0.4) is 0 Å². The van der Waals surface area contributed by atoms with Gasteiger partial charge in [-0.25, -0.2) is 4.68 Å². The van der Waals surface area contributed by atoms with Gasteiger partial charge in [0.05, 0.1) is 17.1 Å². The number of hydrogen-bond acceptors (Lipinski definition) is 3. The van der Waals surface area contributed by atoms with Crippen LogP contribution in [-0.4, -0.2) is 15.0 Å². The molecule has 0 amide bonds. The summed E-state index contributed by atoms with van der Waals surface area (Å²) in [4.78, 5) is 0. The third-order valence-corrected chi connectivity index (χ3v) is 2.08. The van der Waals surface area contributed by atoms with E-state index in [9.17, 15) is 0 Å². The molecule has 0 radical (unpaired) electrons. The predicted octanol–water partition coefficient (Wildman–Crippen LogP) is 1.71. The normalized spacial score (nSPS) is 10.3. The fraction of sp³-hybridized carbons (Fsp3) is 0.300. The number of rotatable bonds is 2. The molecule has 0 N–H and O–H groups in total. The SMILES string of the molecule is CCCn1nnc2cc(C#N)ccc21. The summed E-state index contributed by atoms with van der Waals surface area (Å²) in [5.41, 5.74) is 2.41. The van der Waals surface area contributed by atoms with Gasteiger partial charge in [-0.1, -0.05) is 12.1 Å². The molecule has 4 nitrogen and oxygen atoms in total. The summed E-state index contributed by atoms with van der Waals surface area (Å²) < 4.78 is 1.86. The van der Waals surface area contributed by atoms with Gasteiger partial charge in [0, 0.05) is 6.54 Å². The summed E-state index contributed by atoms with van der Waals surface area (Å²) in [6.07, 6.45) is 1.03. The van der Waals surface area contributed by atoms with Gasteiger partial charge in [0.2, 0.25) is 0 Å². The average molecular weight is 186 g/mol. The van der Waals surface area contributed by atoms with Crippen LogP contribution in [0.1, 0.15) is 18.9 Å². The topological polar surface area (TPSA) is 54.5 Å². The highest BCUT2D eigenvalue weighted by Crippen LogP contribution is 2.12. The van der Waals surface area contributed by atoms with Gasteiger partial charge in [-0.05, 0) is 24.6 Å². The summed E-state index contributed by atoms with van der Waals surface area (Å²) in [6.45, 7) is 2.96. The van der Waals surface area contributed by atoms with Crippen molar-refractivity contribution in [3.63, 3.8) is 0 Å². The fourth-order valence-corrected chi connectivity index (χ4v) is 1.42. The van der Waals surface area contributed by atoms with E-state index in [1.807, 2.05) is 10.7 Å². The molecule has 2 aromatic rings. The first-order valence-corrected chi connectivity index (χ1v) is 4.58. The molecular formula is C10H10N4. The summed E-state index contributed by atoms with van der Waals surface area (Å²) in [6, 6.07) is 7.52. The molecule has 14 heavy (non-hydrogen) atoms. The average Bonchev–Trinajstić information content (AvgIpc) is 2.61. The molecule has 0 saturated carbocycles. The monoisotopic (exact) mass is 186 g/mol. The second-order valence-electron chi connectivity index (χ2n) is 3.13. The minimum Gasteiger partial charge on any atom is -0.245 e. The van der Waals surface area contributed by atoms with E-state index < -0.39 is 0 Å². The zero-order chi connectivity index (χ0) is 9.97. The van der Waals surface area contributed by atoms with E-state index in [2.05, 4.69) is 23.3 Å². The van der Waals surface area contributed by atoms with E-state index in [4.69, 9.17) is 5.26 Å². The van der Waals surface area contributed by atoms with Gasteiger partial charge >= 0.3 is 0 Å². The molecule has 2 rings (SSSR count). The molecule has 1 heterocycles. The van der Waals surface area contributed by atoms with Crippen LogP contribution in [-0.2, 0) is 6.54 Å². The third kappa shape index (κ3) is 1.33. The molecule has 0 unspecified atom stereocenters. The first-order valence-electron chi connectivity index (χ1n) is 4.58. The molecule has 0 aliphatic heterocycles. The molecule has 4 heteroatoms. The molecule has 0 bridgehead atoms. The minimum absolute atomic E-state index is 0.626. The van der Waals surface area contributed by atoms with Crippen molar-refractivity contribution in [2.45, 2.75) is 19.9 Å². The maximum atomic E-state index is 8.70. The quantitative estimate of drug-likeness (QED) is 0.717. The predicted molar refractivity (Wildman–Crippen MR) is 52.5 cm³/mol. The van der Waals surface area contributed by atoms with Gasteiger partial charge < -0.3 is 0 Å². The number of fused-ring (bicyclic) bond motifs is 1. The van der Waals surface area contributed by atoms with Crippen molar-refractivity contribution in [2.24, 2.45) is 0 Å². The van der Waals surface area contributed by atoms with Crippen LogP contribution in [0.25, 0.3) is 11.0 Å². The van der Waals surface area contributed by atoms with Crippen LogP contribution in [0.4, 0.5) is 0 Å². The van der Waals surface area contributed by atoms with Crippen molar-refractivity contribution >= 4 is 11.0 Å². The van der Waals surface area contributed by atoms with E-state index in [1.165, 1.54) is 0 Å². The fourth-order valence-electron chi connectivity index (χ4n) is 1.42. The first kappa shape index (κ1) is 8.70. The van der Waals surface area contributed by atoms with Crippen LogP contribution in [0.2, 0.25) is 0 Å². The molecule has 1 aromatic heterocycles. The van der Waals surface area contributed by atoms with Crippen LogP contribution in [0, 0.1) is 11.3 Å². The Kier molecular flexibility index (Phi) is 2.15. The minimum atomic E-state index is 0.626. The smallest absolute Gasteiger partial charge is 0.114 e. The van der Waals surface area contributed by atoms with E-state index in [-0.39, 0.29) is 0 Å². The number of benzene rings is 1. The lowest BCUT2D eigenvalue weighted by Gasteiger charge is -1.97. The maximum Gasteiger partial charge on any atom is 0.114 e. The van der Waals surface area contributed by atoms with Crippen LogP contribution < -0.4 is 0 Å². The Hall–Kier alpha value is -1.89. The van der Waals surface area contributed by atoms with E-state index in [0.29, 0.717) is 5.56 Å². The molecule has 0 saturated heterocycles. The second-order valence-corrected chi connectivity index (χ2v) is 3.13. The Labute approximate surface area is 81.8 Å². The van der Waals surface area contributed by atoms with Gasteiger partial charge in [-0.3, -0.25) is 0 Å². The molecule has 0 atom stereocenters. The standard InChI is InChI=1S/C10H10N4/c1-2-5-14-10-4-3-8(7-11)6-9(10)12-13-14/h3-4,6H,2,5H2,1H3. The molecule has 70 valence electrons. The Bertz CT molecular complexity index is 492. The van der Waals surface area contributed by atoms with Crippen LogP contribution >= 0.6 is 0 Å². The summed E-state index contributed by atoms with van der Waals surface area (Å²) >= 11 is 0. The van der Waals surface area contributed by atoms with Gasteiger partial charge in [0.25, 0.3) is 0 Å². The number of aryl methyl sites for hydroxylation is 1. The zero-order valence-electron chi connectivity index (χ0n) is 7.94. The molecule has 0 fully saturated rings. The third-order valence-electron chi connectivity index (χ3n) is 2.08. The van der Waals surface area contributed by atoms with Crippen molar-refractivity contribution in [3.05, 3.63) is 23.8 Å². The Balaban J connectivity index is 2.55. The van der Waals surface area contributed by atoms with E-state index >= 15 is 0 Å². The lowest BCUT2D eigenvalue weighted by molar-refractivity contribution is 0.596. The Morgan fingerprint density at radius 2 is 2.36 bits per heavy atom. The van der Waals surface area contributed by atoms with Crippen molar-refractivity contribution in [3.8, 4) is 6.07 Å². The van der Waals surface area contributed by atoms with Gasteiger partial charge in [-0.15, -0.1) is 5.10 Å². The highest BCUT2D eigenvalue weighted by Gasteiger charge is 2.03. The molecular weight excluding hydrogens is 176 g/mol. The molecule has 0 spiro atoms. The van der Waals surface area contributed by atoms with Crippen molar-refractivity contribution in [2.75, 3.05) is 0 Å². The first-order chi connectivity index (χ1) is 6.85. The van der Waals surface area contributed by atoms with Gasteiger partial charge in [0.1, 0.15) is 5.52 Å². The number of aromatic nitrogens is 3. The lowest BCUT2D eigenvalue weighted by Crippen LogP contribution is -1.98. The van der Waals surface area contributed by atoms with Gasteiger partial charge in [0.15, 0.2) is 0 Å². The highest BCUT2D eigenvalue weighted by molar-refractivity contribution is 5.75. The molecule has 0 aliphatic rings. The number of hydrogen-bond donors (Lipinski definition) is 0. The summed E-state index contributed by atoms with van der Waals surface area (Å²) in [5, 5.41) is 16.7. The van der Waals surface area contributed by atoms with Gasteiger partial charge in [-0.2, -0.15) is 5.26 Å². The van der Waals surface area contributed by atoms with E-state index in [1.54, 1.807) is 12.1 Å². The number of nitriles is 1. The van der Waals surface area contributed by atoms with E-state index in [0.717, 1.165) is 24.0 Å². The zero-order valence-corrected chi connectivity index (χ0v) is 7.94. The van der Waals surface area contributed by atoms with Crippen molar-refractivity contribution in [1.29, 1.82) is 5.26 Å². The number of nitrogens with zero attached hydrogens (tertiary/aromatic N) is 4. The Morgan fingerprint density at radius 1 is 1.50 bits per heavy atom. The van der Waals surface area contributed by atoms with Crippen molar-refractivity contribution in [1.82, 2.24) is 15.0 Å². The summed E-state index contributed by atoms with van der Waals surface area (Å²) in [7, 11) is 0.